The maximum absolute atomic E-state index is 10.3. The number of benzene rings is 3. The predicted molar refractivity (Wildman–Crippen MR) is 139 cm³/mol. The number of aromatic hydroxyl groups is 1. The highest BCUT2D eigenvalue weighted by molar-refractivity contribution is 9.11. The molecule has 4 aromatic rings. The summed E-state index contributed by atoms with van der Waals surface area (Å²) in [5.41, 5.74) is 2.98. The van der Waals surface area contributed by atoms with Crippen LogP contribution in [-0.2, 0) is 0 Å². The van der Waals surface area contributed by atoms with Crippen molar-refractivity contribution in [2.45, 2.75) is 0 Å². The molecule has 0 spiro atoms. The van der Waals surface area contributed by atoms with Gasteiger partial charge < -0.3 is 9.84 Å². The summed E-state index contributed by atoms with van der Waals surface area (Å²) in [4.78, 5) is 9.11. The van der Waals surface area contributed by atoms with E-state index >= 15 is 0 Å². The Morgan fingerprint density at radius 3 is 2.45 bits per heavy atom. The summed E-state index contributed by atoms with van der Waals surface area (Å²) >= 11 is 12.8. The van der Waals surface area contributed by atoms with E-state index in [9.17, 15) is 5.11 Å². The van der Waals surface area contributed by atoms with Gasteiger partial charge in [-0.05, 0) is 70.0 Å². The molecule has 0 bridgehead atoms. The molecule has 0 aliphatic carbocycles. The second-order valence-corrected chi connectivity index (χ2v) is 9.09. The molecule has 9 heteroatoms. The van der Waals surface area contributed by atoms with Gasteiger partial charge in [-0.25, -0.2) is 14.7 Å². The first-order chi connectivity index (χ1) is 15.9. The molecule has 0 saturated carbocycles. The standard InChI is InChI=1S/C24H17Br2ClN4O2/c1-33-20-8-2-15(3-9-20)12-29-31-14-22(16-4-6-19(27)7-5-16)30-24(31)28-13-17-10-18(25)11-21(26)23(17)32/h2-14,32H,1H3/b28-13+,29-12?. The van der Waals surface area contributed by atoms with Crippen LogP contribution in [-0.4, -0.2) is 34.3 Å². The Balaban J connectivity index is 1.72. The molecule has 0 unspecified atom stereocenters. The number of phenolic OH excluding ortho intramolecular Hbond substituents is 1. The zero-order chi connectivity index (χ0) is 23.4. The number of rotatable bonds is 6. The first-order valence-corrected chi connectivity index (χ1v) is 11.6. The number of hydrogen-bond donors (Lipinski definition) is 1. The van der Waals surface area contributed by atoms with Gasteiger partial charge in [0.1, 0.15) is 11.5 Å². The molecular weight excluding hydrogens is 572 g/mol. The van der Waals surface area contributed by atoms with Crippen LogP contribution in [0.15, 0.2) is 85.9 Å². The van der Waals surface area contributed by atoms with Crippen molar-refractivity contribution in [2.24, 2.45) is 10.1 Å². The third-order valence-electron chi connectivity index (χ3n) is 4.63. The van der Waals surface area contributed by atoms with E-state index in [1.54, 1.807) is 48.5 Å². The number of aliphatic imine (C=N–C) groups is 1. The van der Waals surface area contributed by atoms with E-state index in [-0.39, 0.29) is 5.75 Å². The molecule has 33 heavy (non-hydrogen) atoms. The molecule has 166 valence electrons. The SMILES string of the molecule is COc1ccc(C=Nn2cc(-c3ccc(Cl)cc3)nc2/N=C/c2cc(Br)cc(Br)c2O)cc1. The van der Waals surface area contributed by atoms with Crippen molar-refractivity contribution in [3.63, 3.8) is 0 Å². The molecule has 0 radical (unpaired) electrons. The lowest BCUT2D eigenvalue weighted by Crippen LogP contribution is -1.91. The van der Waals surface area contributed by atoms with Crippen molar-refractivity contribution in [3.8, 4) is 22.8 Å². The van der Waals surface area contributed by atoms with E-state index in [4.69, 9.17) is 16.3 Å². The quantitative estimate of drug-likeness (QED) is 0.245. The highest BCUT2D eigenvalue weighted by Gasteiger charge is 2.10. The molecule has 0 fully saturated rings. The van der Waals surface area contributed by atoms with E-state index < -0.39 is 0 Å². The van der Waals surface area contributed by atoms with Gasteiger partial charge in [-0.3, -0.25) is 0 Å². The molecule has 6 nitrogen and oxygen atoms in total. The van der Waals surface area contributed by atoms with Crippen LogP contribution >= 0.6 is 43.5 Å². The molecule has 0 saturated heterocycles. The van der Waals surface area contributed by atoms with Crippen LogP contribution in [0.25, 0.3) is 11.3 Å². The summed E-state index contributed by atoms with van der Waals surface area (Å²) in [6.45, 7) is 0. The minimum Gasteiger partial charge on any atom is -0.506 e. The third-order valence-corrected chi connectivity index (χ3v) is 5.95. The average Bonchev–Trinajstić information content (AvgIpc) is 3.23. The van der Waals surface area contributed by atoms with Crippen molar-refractivity contribution in [1.29, 1.82) is 0 Å². The first-order valence-electron chi connectivity index (χ1n) is 9.69. The predicted octanol–water partition coefficient (Wildman–Crippen LogP) is 7.08. The fourth-order valence-electron chi connectivity index (χ4n) is 2.92. The number of hydrogen-bond acceptors (Lipinski definition) is 5. The maximum atomic E-state index is 10.3. The van der Waals surface area contributed by atoms with Crippen molar-refractivity contribution in [1.82, 2.24) is 9.66 Å². The minimum atomic E-state index is 0.0831. The van der Waals surface area contributed by atoms with Crippen LogP contribution in [0.5, 0.6) is 11.5 Å². The molecule has 1 aromatic heterocycles. The van der Waals surface area contributed by atoms with Crippen LogP contribution in [0.4, 0.5) is 5.95 Å². The van der Waals surface area contributed by atoms with Crippen molar-refractivity contribution < 1.29 is 9.84 Å². The Kier molecular flexibility index (Phi) is 7.27. The second-order valence-electron chi connectivity index (χ2n) is 6.88. The van der Waals surface area contributed by atoms with E-state index in [2.05, 4.69) is 46.9 Å². The second kappa shape index (κ2) is 10.3. The van der Waals surface area contributed by atoms with Crippen LogP contribution < -0.4 is 4.74 Å². The molecule has 0 aliphatic rings. The average molecular weight is 589 g/mol. The van der Waals surface area contributed by atoms with Gasteiger partial charge in [-0.15, -0.1) is 0 Å². The molecule has 0 amide bonds. The van der Waals surface area contributed by atoms with E-state index in [1.165, 1.54) is 6.21 Å². The van der Waals surface area contributed by atoms with Gasteiger partial charge in [0, 0.05) is 26.8 Å². The van der Waals surface area contributed by atoms with E-state index in [0.29, 0.717) is 26.7 Å². The fourth-order valence-corrected chi connectivity index (χ4v) is 4.31. The lowest BCUT2D eigenvalue weighted by atomic mass is 10.2. The first kappa shape index (κ1) is 23.2. The third kappa shape index (κ3) is 5.71. The monoisotopic (exact) mass is 586 g/mol. The number of ether oxygens (including phenoxy) is 1. The van der Waals surface area contributed by atoms with Crippen molar-refractivity contribution in [3.05, 3.63) is 92.0 Å². The summed E-state index contributed by atoms with van der Waals surface area (Å²) in [6, 6.07) is 18.4. The lowest BCUT2D eigenvalue weighted by Gasteiger charge is -2.03. The Morgan fingerprint density at radius 2 is 1.76 bits per heavy atom. The maximum Gasteiger partial charge on any atom is 0.251 e. The summed E-state index contributed by atoms with van der Waals surface area (Å²) in [6.07, 6.45) is 5.03. The number of phenols is 1. The fraction of sp³-hybridized carbons (Fsp3) is 0.0417. The molecule has 1 heterocycles. The van der Waals surface area contributed by atoms with Crippen LogP contribution in [0.1, 0.15) is 11.1 Å². The number of imidazole rings is 1. The number of halogens is 3. The van der Waals surface area contributed by atoms with Crippen LogP contribution in [0.2, 0.25) is 5.02 Å². The smallest absolute Gasteiger partial charge is 0.251 e. The molecule has 3 aromatic carbocycles. The van der Waals surface area contributed by atoms with Crippen LogP contribution in [0, 0.1) is 0 Å². The van der Waals surface area contributed by atoms with Gasteiger partial charge in [0.05, 0.1) is 29.7 Å². The zero-order valence-electron chi connectivity index (χ0n) is 17.3. The van der Waals surface area contributed by atoms with Crippen molar-refractivity contribution in [2.75, 3.05) is 7.11 Å². The molecular formula is C24H17Br2ClN4O2. The van der Waals surface area contributed by atoms with Gasteiger partial charge in [-0.1, -0.05) is 39.7 Å². The van der Waals surface area contributed by atoms with Gasteiger partial charge in [0.2, 0.25) is 0 Å². The minimum absolute atomic E-state index is 0.0831. The molecule has 1 N–H and O–H groups in total. The molecule has 0 aliphatic heterocycles. The number of nitrogens with zero attached hydrogens (tertiary/aromatic N) is 4. The highest BCUT2D eigenvalue weighted by Crippen LogP contribution is 2.31. The van der Waals surface area contributed by atoms with Gasteiger partial charge in [-0.2, -0.15) is 5.10 Å². The lowest BCUT2D eigenvalue weighted by molar-refractivity contribution is 0.415. The summed E-state index contributed by atoms with van der Waals surface area (Å²) in [5.74, 6) is 1.20. The van der Waals surface area contributed by atoms with Gasteiger partial charge in [0.15, 0.2) is 0 Å². The summed E-state index contributed by atoms with van der Waals surface area (Å²) in [5, 5.41) is 15.5. The topological polar surface area (TPSA) is 72.0 Å². The van der Waals surface area contributed by atoms with Gasteiger partial charge in [0.25, 0.3) is 5.95 Å². The summed E-state index contributed by atoms with van der Waals surface area (Å²) < 4.78 is 8.13. The van der Waals surface area contributed by atoms with Crippen molar-refractivity contribution >= 4 is 61.8 Å². The van der Waals surface area contributed by atoms with Crippen LogP contribution in [0.3, 0.4) is 0 Å². The van der Waals surface area contributed by atoms with Gasteiger partial charge >= 0.3 is 0 Å². The Morgan fingerprint density at radius 1 is 1.03 bits per heavy atom. The van der Waals surface area contributed by atoms with E-state index in [1.807, 2.05) is 36.4 Å². The Hall–Kier alpha value is -2.94. The zero-order valence-corrected chi connectivity index (χ0v) is 21.2. The Labute approximate surface area is 212 Å². The largest absolute Gasteiger partial charge is 0.506 e. The highest BCUT2D eigenvalue weighted by atomic mass is 79.9. The molecule has 0 atom stereocenters. The summed E-state index contributed by atoms with van der Waals surface area (Å²) in [7, 11) is 1.62. The van der Waals surface area contributed by atoms with E-state index in [0.717, 1.165) is 21.3 Å². The normalized spacial score (nSPS) is 11.5. The number of methoxy groups -OCH3 is 1. The Bertz CT molecular complexity index is 1330. The number of aromatic nitrogens is 2. The molecule has 4 rings (SSSR count).